The van der Waals surface area contributed by atoms with E-state index in [0.29, 0.717) is 26.1 Å². The minimum Gasteiger partial charge on any atom is -0.340 e. The number of nitrogens with zero attached hydrogens (tertiary/aromatic N) is 2. The molecule has 0 saturated carbocycles. The number of hydrogen-bond acceptors (Lipinski definition) is 4. The first-order valence-electron chi connectivity index (χ1n) is 8.91. The minimum absolute atomic E-state index is 0.000706. The van der Waals surface area contributed by atoms with Gasteiger partial charge in [-0.1, -0.05) is 24.3 Å². The van der Waals surface area contributed by atoms with Crippen LogP contribution >= 0.6 is 11.3 Å². The molecule has 2 heterocycles. The molecular weight excluding hydrogens is 346 g/mol. The van der Waals surface area contributed by atoms with E-state index in [9.17, 15) is 9.59 Å². The summed E-state index contributed by atoms with van der Waals surface area (Å²) in [5, 5.41) is 5.03. The number of rotatable bonds is 5. The summed E-state index contributed by atoms with van der Waals surface area (Å²) in [7, 11) is 0. The van der Waals surface area contributed by atoms with Crippen LogP contribution in [0.15, 0.2) is 35.7 Å². The molecule has 2 amide bonds. The molecule has 5 nitrogen and oxygen atoms in total. The highest BCUT2D eigenvalue weighted by molar-refractivity contribution is 7.10. The minimum atomic E-state index is 0.000706. The van der Waals surface area contributed by atoms with Crippen LogP contribution in [0.3, 0.4) is 0 Å². The quantitative estimate of drug-likeness (QED) is 0.879. The zero-order valence-corrected chi connectivity index (χ0v) is 16.1. The Morgan fingerprint density at radius 3 is 2.35 bits per heavy atom. The standard InChI is InChI=1S/C20H25N3O2S/c1-15-5-3-6-16(2)20(15)21-18(24)14-22-8-10-23(11-9-22)19(25)13-17-7-4-12-26-17/h3-7,12H,8-11,13-14H2,1-2H3,(H,21,24). The number of amides is 2. The van der Waals surface area contributed by atoms with Crippen molar-refractivity contribution in [3.05, 3.63) is 51.7 Å². The smallest absolute Gasteiger partial charge is 0.238 e. The second-order valence-corrected chi connectivity index (χ2v) is 7.76. The van der Waals surface area contributed by atoms with Crippen molar-refractivity contribution in [2.45, 2.75) is 20.3 Å². The molecular formula is C20H25N3O2S. The summed E-state index contributed by atoms with van der Waals surface area (Å²) in [6, 6.07) is 9.96. The SMILES string of the molecule is Cc1cccc(C)c1NC(=O)CN1CCN(C(=O)Cc2cccs2)CC1. The lowest BCUT2D eigenvalue weighted by atomic mass is 10.1. The van der Waals surface area contributed by atoms with E-state index in [4.69, 9.17) is 0 Å². The fraction of sp³-hybridized carbons (Fsp3) is 0.400. The van der Waals surface area contributed by atoms with Gasteiger partial charge in [0.2, 0.25) is 11.8 Å². The summed E-state index contributed by atoms with van der Waals surface area (Å²) in [5.41, 5.74) is 3.05. The molecule has 1 N–H and O–H groups in total. The van der Waals surface area contributed by atoms with Gasteiger partial charge in [0.15, 0.2) is 0 Å². The van der Waals surface area contributed by atoms with E-state index < -0.39 is 0 Å². The van der Waals surface area contributed by atoms with E-state index in [0.717, 1.165) is 34.8 Å². The Labute approximate surface area is 158 Å². The van der Waals surface area contributed by atoms with Gasteiger partial charge < -0.3 is 10.2 Å². The maximum absolute atomic E-state index is 12.4. The van der Waals surface area contributed by atoms with Crippen molar-refractivity contribution in [2.24, 2.45) is 0 Å². The fourth-order valence-electron chi connectivity index (χ4n) is 3.22. The molecule has 3 rings (SSSR count). The zero-order valence-electron chi connectivity index (χ0n) is 15.3. The van der Waals surface area contributed by atoms with Crippen molar-refractivity contribution in [1.29, 1.82) is 0 Å². The topological polar surface area (TPSA) is 52.7 Å². The lowest BCUT2D eigenvalue weighted by Gasteiger charge is -2.34. The number of para-hydroxylation sites is 1. The number of nitrogens with one attached hydrogen (secondary N) is 1. The Balaban J connectivity index is 1.46. The average molecular weight is 372 g/mol. The van der Waals surface area contributed by atoms with Crippen LogP contribution in [0.1, 0.15) is 16.0 Å². The third kappa shape index (κ3) is 4.71. The summed E-state index contributed by atoms with van der Waals surface area (Å²) in [6.45, 7) is 7.19. The molecule has 6 heteroatoms. The van der Waals surface area contributed by atoms with Crippen molar-refractivity contribution < 1.29 is 9.59 Å². The molecule has 0 unspecified atom stereocenters. The fourth-order valence-corrected chi connectivity index (χ4v) is 3.92. The number of aryl methyl sites for hydroxylation is 2. The highest BCUT2D eigenvalue weighted by Crippen LogP contribution is 2.19. The first kappa shape index (κ1) is 18.6. The molecule has 0 spiro atoms. The number of carbonyl (C=O) groups excluding carboxylic acids is 2. The number of piperazine rings is 1. The largest absolute Gasteiger partial charge is 0.340 e. The Morgan fingerprint density at radius 2 is 1.73 bits per heavy atom. The van der Waals surface area contributed by atoms with Crippen LogP contribution in [0.4, 0.5) is 5.69 Å². The number of thiophene rings is 1. The van der Waals surface area contributed by atoms with Crippen LogP contribution in [0.25, 0.3) is 0 Å². The van der Waals surface area contributed by atoms with E-state index in [-0.39, 0.29) is 11.8 Å². The van der Waals surface area contributed by atoms with E-state index in [1.54, 1.807) is 11.3 Å². The second-order valence-electron chi connectivity index (χ2n) is 6.73. The third-order valence-electron chi connectivity index (χ3n) is 4.74. The van der Waals surface area contributed by atoms with Gasteiger partial charge in [-0.15, -0.1) is 11.3 Å². The van der Waals surface area contributed by atoms with Gasteiger partial charge in [0.25, 0.3) is 0 Å². The van der Waals surface area contributed by atoms with Crippen molar-refractivity contribution in [3.8, 4) is 0 Å². The van der Waals surface area contributed by atoms with Crippen molar-refractivity contribution in [3.63, 3.8) is 0 Å². The zero-order chi connectivity index (χ0) is 18.5. The van der Waals surface area contributed by atoms with Gasteiger partial charge in [0.1, 0.15) is 0 Å². The van der Waals surface area contributed by atoms with E-state index in [2.05, 4.69) is 10.2 Å². The van der Waals surface area contributed by atoms with Crippen LogP contribution in [0.2, 0.25) is 0 Å². The van der Waals surface area contributed by atoms with Gasteiger partial charge in [0.05, 0.1) is 13.0 Å². The van der Waals surface area contributed by atoms with Gasteiger partial charge in [-0.05, 0) is 36.4 Å². The lowest BCUT2D eigenvalue weighted by Crippen LogP contribution is -2.50. The Kier molecular flexibility index (Phi) is 6.06. The first-order valence-corrected chi connectivity index (χ1v) is 9.79. The Bertz CT molecular complexity index is 745. The van der Waals surface area contributed by atoms with E-state index in [1.165, 1.54) is 0 Å². The predicted octanol–water partition coefficient (Wildman–Crippen LogP) is 2.69. The molecule has 1 saturated heterocycles. The molecule has 1 fully saturated rings. The van der Waals surface area contributed by atoms with Crippen molar-refractivity contribution in [1.82, 2.24) is 9.80 Å². The molecule has 1 aromatic carbocycles. The van der Waals surface area contributed by atoms with Crippen LogP contribution in [0, 0.1) is 13.8 Å². The summed E-state index contributed by atoms with van der Waals surface area (Å²) in [6.07, 6.45) is 0.477. The molecule has 1 aromatic heterocycles. The van der Waals surface area contributed by atoms with Gasteiger partial charge in [-0.3, -0.25) is 14.5 Å². The molecule has 1 aliphatic rings. The average Bonchev–Trinajstić information content (AvgIpc) is 3.12. The number of carbonyl (C=O) groups is 2. The molecule has 138 valence electrons. The molecule has 1 aliphatic heterocycles. The molecule has 0 aliphatic carbocycles. The molecule has 0 bridgehead atoms. The van der Waals surface area contributed by atoms with Crippen LogP contribution in [-0.2, 0) is 16.0 Å². The predicted molar refractivity (Wildman–Crippen MR) is 106 cm³/mol. The molecule has 0 radical (unpaired) electrons. The number of anilines is 1. The maximum atomic E-state index is 12.4. The summed E-state index contributed by atoms with van der Waals surface area (Å²) in [4.78, 5) is 29.8. The normalized spacial score (nSPS) is 15.1. The Morgan fingerprint density at radius 1 is 1.04 bits per heavy atom. The van der Waals surface area contributed by atoms with Crippen LogP contribution in [0.5, 0.6) is 0 Å². The number of benzene rings is 1. The highest BCUT2D eigenvalue weighted by Gasteiger charge is 2.23. The summed E-state index contributed by atoms with van der Waals surface area (Å²) < 4.78 is 0. The first-order chi connectivity index (χ1) is 12.5. The molecule has 26 heavy (non-hydrogen) atoms. The molecule has 2 aromatic rings. The van der Waals surface area contributed by atoms with Crippen LogP contribution < -0.4 is 5.32 Å². The lowest BCUT2D eigenvalue weighted by molar-refractivity contribution is -0.132. The van der Waals surface area contributed by atoms with Crippen molar-refractivity contribution in [2.75, 3.05) is 38.0 Å². The highest BCUT2D eigenvalue weighted by atomic mass is 32.1. The Hall–Kier alpha value is -2.18. The number of hydrogen-bond donors (Lipinski definition) is 1. The van der Waals surface area contributed by atoms with Gasteiger partial charge in [-0.25, -0.2) is 0 Å². The monoisotopic (exact) mass is 371 g/mol. The van der Waals surface area contributed by atoms with Crippen LogP contribution in [-0.4, -0.2) is 54.3 Å². The van der Waals surface area contributed by atoms with E-state index >= 15 is 0 Å². The van der Waals surface area contributed by atoms with Gasteiger partial charge >= 0.3 is 0 Å². The summed E-state index contributed by atoms with van der Waals surface area (Å²) in [5.74, 6) is 0.174. The van der Waals surface area contributed by atoms with Crippen molar-refractivity contribution >= 4 is 28.8 Å². The molecule has 0 atom stereocenters. The second kappa shape index (κ2) is 8.47. The van der Waals surface area contributed by atoms with E-state index in [1.807, 2.05) is 54.5 Å². The maximum Gasteiger partial charge on any atom is 0.238 e. The van der Waals surface area contributed by atoms with Gasteiger partial charge in [0, 0.05) is 36.7 Å². The summed E-state index contributed by atoms with van der Waals surface area (Å²) >= 11 is 1.62. The van der Waals surface area contributed by atoms with Gasteiger partial charge in [-0.2, -0.15) is 0 Å². The third-order valence-corrected chi connectivity index (χ3v) is 5.62.